The third-order valence-corrected chi connectivity index (χ3v) is 3.89. The van der Waals surface area contributed by atoms with Crippen molar-refractivity contribution in [2.24, 2.45) is 0 Å². The highest BCUT2D eigenvalue weighted by Crippen LogP contribution is 2.20. The summed E-state index contributed by atoms with van der Waals surface area (Å²) in [5, 5.41) is 4.37. The smallest absolute Gasteiger partial charge is 0.251 e. The van der Waals surface area contributed by atoms with Crippen LogP contribution >= 0.6 is 0 Å². The standard InChI is InChI=1S/C16H23N5O2/c1-3-4-21-10-13(8-17-21)9-20-5-6-23-14(11-20)16-18-12(2)7-15(22)19-16/h7-8,10,14H,3-6,9,11H2,1-2H3,(H,18,19,22)/t14-/m0/s1. The molecule has 0 radical (unpaired) electrons. The molecule has 2 aromatic heterocycles. The first-order valence-electron chi connectivity index (χ1n) is 8.07. The predicted octanol–water partition coefficient (Wildman–Crippen LogP) is 1.26. The van der Waals surface area contributed by atoms with Crippen molar-refractivity contribution in [3.63, 3.8) is 0 Å². The van der Waals surface area contributed by atoms with Crippen LogP contribution in [0, 0.1) is 6.92 Å². The van der Waals surface area contributed by atoms with Gasteiger partial charge in [-0.15, -0.1) is 0 Å². The van der Waals surface area contributed by atoms with Crippen molar-refractivity contribution < 1.29 is 4.74 Å². The molecule has 7 heteroatoms. The summed E-state index contributed by atoms with van der Waals surface area (Å²) in [5.41, 5.74) is 1.78. The molecule has 23 heavy (non-hydrogen) atoms. The third kappa shape index (κ3) is 4.05. The molecule has 0 aliphatic carbocycles. The van der Waals surface area contributed by atoms with Crippen molar-refractivity contribution in [1.82, 2.24) is 24.6 Å². The zero-order valence-corrected chi connectivity index (χ0v) is 13.7. The van der Waals surface area contributed by atoms with Crippen molar-refractivity contribution in [3.8, 4) is 0 Å². The number of morpholine rings is 1. The van der Waals surface area contributed by atoms with Crippen molar-refractivity contribution in [3.05, 3.63) is 45.9 Å². The summed E-state index contributed by atoms with van der Waals surface area (Å²) in [6.45, 7) is 7.95. The van der Waals surface area contributed by atoms with Gasteiger partial charge in [-0.25, -0.2) is 4.98 Å². The predicted molar refractivity (Wildman–Crippen MR) is 86.1 cm³/mol. The fourth-order valence-electron chi connectivity index (χ4n) is 2.86. The molecular formula is C16H23N5O2. The van der Waals surface area contributed by atoms with Gasteiger partial charge in [0.25, 0.3) is 5.56 Å². The van der Waals surface area contributed by atoms with Crippen LogP contribution in [0.15, 0.2) is 23.3 Å². The molecule has 0 unspecified atom stereocenters. The number of aromatic amines is 1. The number of aromatic nitrogens is 4. The van der Waals surface area contributed by atoms with Gasteiger partial charge in [-0.1, -0.05) is 6.92 Å². The summed E-state index contributed by atoms with van der Waals surface area (Å²) in [7, 11) is 0. The van der Waals surface area contributed by atoms with E-state index in [1.165, 1.54) is 11.6 Å². The van der Waals surface area contributed by atoms with Gasteiger partial charge in [0, 0.05) is 49.7 Å². The van der Waals surface area contributed by atoms with Gasteiger partial charge < -0.3 is 9.72 Å². The molecule has 0 saturated carbocycles. The zero-order valence-electron chi connectivity index (χ0n) is 13.7. The second kappa shape index (κ2) is 7.06. The first-order valence-corrected chi connectivity index (χ1v) is 8.07. The van der Waals surface area contributed by atoms with Gasteiger partial charge in [0.15, 0.2) is 0 Å². The molecule has 0 aromatic carbocycles. The lowest BCUT2D eigenvalue weighted by Crippen LogP contribution is -2.38. The number of H-pyrrole nitrogens is 1. The van der Waals surface area contributed by atoms with Crippen LogP contribution in [0.1, 0.15) is 36.5 Å². The molecular weight excluding hydrogens is 294 g/mol. The monoisotopic (exact) mass is 317 g/mol. The Bertz CT molecular complexity index is 708. The van der Waals surface area contributed by atoms with E-state index < -0.39 is 0 Å². The Hall–Kier alpha value is -1.99. The van der Waals surface area contributed by atoms with Gasteiger partial charge in [0.05, 0.1) is 12.8 Å². The van der Waals surface area contributed by atoms with E-state index in [0.29, 0.717) is 24.7 Å². The highest BCUT2D eigenvalue weighted by Gasteiger charge is 2.24. The van der Waals surface area contributed by atoms with E-state index in [-0.39, 0.29) is 11.7 Å². The Kier molecular flexibility index (Phi) is 4.88. The second-order valence-electron chi connectivity index (χ2n) is 5.98. The number of nitrogens with one attached hydrogen (secondary N) is 1. The summed E-state index contributed by atoms with van der Waals surface area (Å²) in [5.74, 6) is 0.612. The maximum absolute atomic E-state index is 11.6. The molecule has 1 saturated heterocycles. The first-order chi connectivity index (χ1) is 11.1. The molecule has 1 aliphatic rings. The molecule has 0 amide bonds. The van der Waals surface area contributed by atoms with Crippen LogP contribution in [0.25, 0.3) is 0 Å². The topological polar surface area (TPSA) is 76.0 Å². The molecule has 1 fully saturated rings. The van der Waals surface area contributed by atoms with Crippen LogP contribution in [0.3, 0.4) is 0 Å². The molecule has 3 heterocycles. The van der Waals surface area contributed by atoms with E-state index in [1.807, 2.05) is 17.8 Å². The van der Waals surface area contributed by atoms with Crippen molar-refractivity contribution >= 4 is 0 Å². The average Bonchev–Trinajstić information content (AvgIpc) is 2.94. The Morgan fingerprint density at radius 2 is 2.35 bits per heavy atom. The quantitative estimate of drug-likeness (QED) is 0.898. The van der Waals surface area contributed by atoms with Crippen LogP contribution in [-0.4, -0.2) is 44.3 Å². The van der Waals surface area contributed by atoms with Crippen molar-refractivity contribution in [2.75, 3.05) is 19.7 Å². The van der Waals surface area contributed by atoms with Crippen LogP contribution in [0.5, 0.6) is 0 Å². The van der Waals surface area contributed by atoms with Crippen LogP contribution in [0.4, 0.5) is 0 Å². The Balaban J connectivity index is 1.66. The molecule has 0 spiro atoms. The van der Waals surface area contributed by atoms with Gasteiger partial charge in [-0.2, -0.15) is 5.10 Å². The maximum Gasteiger partial charge on any atom is 0.251 e. The minimum atomic E-state index is -0.193. The van der Waals surface area contributed by atoms with Gasteiger partial charge in [0.2, 0.25) is 0 Å². The summed E-state index contributed by atoms with van der Waals surface area (Å²) in [4.78, 5) is 21.1. The molecule has 7 nitrogen and oxygen atoms in total. The Labute approximate surface area is 135 Å². The third-order valence-electron chi connectivity index (χ3n) is 3.89. The molecule has 1 aliphatic heterocycles. The number of ether oxygens (including phenoxy) is 1. The van der Waals surface area contributed by atoms with Crippen LogP contribution < -0.4 is 5.56 Å². The van der Waals surface area contributed by atoms with E-state index in [1.54, 1.807) is 0 Å². The number of nitrogens with zero attached hydrogens (tertiary/aromatic N) is 4. The van der Waals surface area contributed by atoms with E-state index >= 15 is 0 Å². The largest absolute Gasteiger partial charge is 0.368 e. The average molecular weight is 317 g/mol. The summed E-state index contributed by atoms with van der Waals surface area (Å²) in [6, 6.07) is 1.49. The first kappa shape index (κ1) is 15.9. The SMILES string of the molecule is CCCn1cc(CN2CCO[C@H](c3nc(C)cc(=O)[nH]3)C2)cn1. The molecule has 1 N–H and O–H groups in total. The van der Waals surface area contributed by atoms with E-state index in [4.69, 9.17) is 4.74 Å². The van der Waals surface area contributed by atoms with Crippen LogP contribution in [-0.2, 0) is 17.8 Å². The Morgan fingerprint density at radius 1 is 1.48 bits per heavy atom. The second-order valence-corrected chi connectivity index (χ2v) is 5.98. The lowest BCUT2D eigenvalue weighted by molar-refractivity contribution is -0.0374. The lowest BCUT2D eigenvalue weighted by atomic mass is 10.2. The van der Waals surface area contributed by atoms with Gasteiger partial charge >= 0.3 is 0 Å². The molecule has 3 rings (SSSR count). The number of rotatable bonds is 5. The summed E-state index contributed by atoms with van der Waals surface area (Å²) < 4.78 is 7.77. The fourth-order valence-corrected chi connectivity index (χ4v) is 2.86. The Morgan fingerprint density at radius 3 is 3.13 bits per heavy atom. The van der Waals surface area contributed by atoms with Gasteiger partial charge in [-0.3, -0.25) is 14.4 Å². The van der Waals surface area contributed by atoms with Crippen molar-refractivity contribution in [2.45, 2.75) is 39.5 Å². The maximum atomic E-state index is 11.6. The lowest BCUT2D eigenvalue weighted by Gasteiger charge is -2.32. The van der Waals surface area contributed by atoms with Gasteiger partial charge in [-0.05, 0) is 13.3 Å². The number of hydrogen-bond acceptors (Lipinski definition) is 5. The summed E-state index contributed by atoms with van der Waals surface area (Å²) >= 11 is 0. The van der Waals surface area contributed by atoms with E-state index in [0.717, 1.165) is 26.1 Å². The van der Waals surface area contributed by atoms with Gasteiger partial charge in [0.1, 0.15) is 11.9 Å². The number of hydrogen-bond donors (Lipinski definition) is 1. The zero-order chi connectivity index (χ0) is 16.2. The van der Waals surface area contributed by atoms with Crippen molar-refractivity contribution in [1.29, 1.82) is 0 Å². The summed E-state index contributed by atoms with van der Waals surface area (Å²) in [6.07, 6.45) is 4.91. The van der Waals surface area contributed by atoms with E-state index in [9.17, 15) is 4.79 Å². The van der Waals surface area contributed by atoms with Crippen LogP contribution in [0.2, 0.25) is 0 Å². The normalized spacial score (nSPS) is 19.1. The molecule has 2 aromatic rings. The molecule has 124 valence electrons. The minimum Gasteiger partial charge on any atom is -0.368 e. The van der Waals surface area contributed by atoms with E-state index in [2.05, 4.69) is 33.1 Å². The fraction of sp³-hybridized carbons (Fsp3) is 0.562. The highest BCUT2D eigenvalue weighted by molar-refractivity contribution is 5.06. The molecule has 0 bridgehead atoms. The molecule has 1 atom stereocenters. The minimum absolute atomic E-state index is 0.130. The highest BCUT2D eigenvalue weighted by atomic mass is 16.5. The number of aryl methyl sites for hydroxylation is 2.